The fourth-order valence-electron chi connectivity index (χ4n) is 12.0. The second kappa shape index (κ2) is 12.6. The van der Waals surface area contributed by atoms with Gasteiger partial charge in [0.2, 0.25) is 0 Å². The van der Waals surface area contributed by atoms with E-state index in [0.29, 0.717) is 0 Å². The van der Waals surface area contributed by atoms with E-state index in [1.54, 1.807) is 0 Å². The standard InChI is InChI=1S/C61H36N2S/c1-7-22-50-41(14-1)42-15-2-8-23-51(42)61(50)52-24-9-3-16-43(52)44-33-32-39(36-53(44)61)62-55-26-11-5-19-49(55)58-56(62)35-34-47-45-17-4-10-25-54(45)63(59(47)58)38-30-28-37(29-31-38)40-20-13-21-48-46-18-6-12-27-57(46)64-60(40)48/h1-36H. The molecule has 0 fully saturated rings. The molecule has 296 valence electrons. The summed E-state index contributed by atoms with van der Waals surface area (Å²) in [5.74, 6) is 0. The van der Waals surface area contributed by atoms with Crippen molar-refractivity contribution in [2.24, 2.45) is 0 Å². The molecule has 3 heterocycles. The highest BCUT2D eigenvalue weighted by atomic mass is 32.1. The molecule has 3 aromatic heterocycles. The molecule has 1 spiro atoms. The molecule has 0 bridgehead atoms. The fourth-order valence-corrected chi connectivity index (χ4v) is 13.3. The molecule has 0 saturated heterocycles. The van der Waals surface area contributed by atoms with Crippen molar-refractivity contribution >= 4 is 75.1 Å². The Hall–Kier alpha value is -7.98. The predicted octanol–water partition coefficient (Wildman–Crippen LogP) is 16.3. The van der Waals surface area contributed by atoms with Crippen LogP contribution in [-0.4, -0.2) is 9.13 Å². The van der Waals surface area contributed by atoms with Crippen LogP contribution in [0.3, 0.4) is 0 Å². The average Bonchev–Trinajstić information content (AvgIpc) is 4.15. The Bertz CT molecular complexity index is 4070. The van der Waals surface area contributed by atoms with Crippen LogP contribution in [0.1, 0.15) is 22.3 Å². The maximum Gasteiger partial charge on any atom is 0.0726 e. The van der Waals surface area contributed by atoms with Crippen molar-refractivity contribution in [2.75, 3.05) is 0 Å². The molecule has 0 N–H and O–H groups in total. The van der Waals surface area contributed by atoms with E-state index < -0.39 is 5.41 Å². The zero-order valence-corrected chi connectivity index (χ0v) is 35.4. The number of benzene rings is 10. The van der Waals surface area contributed by atoms with E-state index >= 15 is 0 Å². The summed E-state index contributed by atoms with van der Waals surface area (Å²) < 4.78 is 7.69. The summed E-state index contributed by atoms with van der Waals surface area (Å²) >= 11 is 1.89. The SMILES string of the molecule is c1ccc2c(c1)-c1ccccc1C21c2ccccc2-c2ccc(-n3c4ccccc4c4c3ccc3c5ccccc5n(-c5ccc(-c6cccc7c6sc6ccccc67)cc5)c34)cc21. The molecule has 0 saturated carbocycles. The van der Waals surface area contributed by atoms with E-state index in [0.717, 1.165) is 5.69 Å². The minimum atomic E-state index is -0.414. The molecule has 2 aliphatic rings. The van der Waals surface area contributed by atoms with Gasteiger partial charge >= 0.3 is 0 Å². The van der Waals surface area contributed by atoms with E-state index in [9.17, 15) is 0 Å². The van der Waals surface area contributed by atoms with Gasteiger partial charge in [0, 0.05) is 53.1 Å². The van der Waals surface area contributed by atoms with Gasteiger partial charge in [0.1, 0.15) is 0 Å². The first-order valence-corrected chi connectivity index (χ1v) is 23.0. The molecule has 64 heavy (non-hydrogen) atoms. The first kappa shape index (κ1) is 34.6. The van der Waals surface area contributed by atoms with Gasteiger partial charge in [0.15, 0.2) is 0 Å². The minimum absolute atomic E-state index is 0.414. The summed E-state index contributed by atoms with van der Waals surface area (Å²) in [5, 5.41) is 7.67. The fraction of sp³-hybridized carbons (Fsp3) is 0.0164. The van der Waals surface area contributed by atoms with Crippen molar-refractivity contribution in [1.29, 1.82) is 0 Å². The molecule has 2 aliphatic carbocycles. The van der Waals surface area contributed by atoms with Crippen LogP contribution in [0.4, 0.5) is 0 Å². The smallest absolute Gasteiger partial charge is 0.0726 e. The third kappa shape index (κ3) is 4.30. The normalized spacial score (nSPS) is 13.4. The second-order valence-electron chi connectivity index (χ2n) is 17.5. The molecule has 0 radical (unpaired) electrons. The van der Waals surface area contributed by atoms with Gasteiger partial charge < -0.3 is 9.13 Å². The van der Waals surface area contributed by atoms with Crippen molar-refractivity contribution in [1.82, 2.24) is 9.13 Å². The van der Waals surface area contributed by atoms with E-state index in [-0.39, 0.29) is 0 Å². The zero-order chi connectivity index (χ0) is 41.7. The molecule has 0 atom stereocenters. The van der Waals surface area contributed by atoms with Gasteiger partial charge in [0.05, 0.1) is 27.5 Å². The predicted molar refractivity (Wildman–Crippen MR) is 270 cm³/mol. The number of nitrogens with zero attached hydrogens (tertiary/aromatic N) is 2. The topological polar surface area (TPSA) is 9.86 Å². The highest BCUT2D eigenvalue weighted by Crippen LogP contribution is 2.63. The molecule has 13 aromatic rings. The summed E-state index contributed by atoms with van der Waals surface area (Å²) in [5.41, 5.74) is 19.9. The van der Waals surface area contributed by atoms with Crippen molar-refractivity contribution < 1.29 is 0 Å². The third-order valence-electron chi connectivity index (χ3n) is 14.5. The molecule has 15 rings (SSSR count). The van der Waals surface area contributed by atoms with Crippen LogP contribution in [0.15, 0.2) is 218 Å². The van der Waals surface area contributed by atoms with Gasteiger partial charge in [-0.3, -0.25) is 0 Å². The van der Waals surface area contributed by atoms with Crippen molar-refractivity contribution in [2.45, 2.75) is 5.41 Å². The summed E-state index contributed by atoms with van der Waals surface area (Å²) in [6.45, 7) is 0. The van der Waals surface area contributed by atoms with Crippen LogP contribution in [-0.2, 0) is 5.41 Å². The van der Waals surface area contributed by atoms with Gasteiger partial charge in [-0.1, -0.05) is 170 Å². The maximum atomic E-state index is 2.52. The number of thiophene rings is 1. The Labute approximate surface area is 373 Å². The molecule has 0 unspecified atom stereocenters. The van der Waals surface area contributed by atoms with Crippen molar-refractivity contribution in [3.05, 3.63) is 241 Å². The lowest BCUT2D eigenvalue weighted by Crippen LogP contribution is -2.26. The Morgan fingerprint density at radius 2 is 0.875 bits per heavy atom. The van der Waals surface area contributed by atoms with E-state index in [1.807, 2.05) is 11.3 Å². The summed E-state index contributed by atoms with van der Waals surface area (Å²) in [6, 6.07) is 81.9. The molecule has 0 aliphatic heterocycles. The lowest BCUT2D eigenvalue weighted by molar-refractivity contribution is 0.792. The van der Waals surface area contributed by atoms with Crippen LogP contribution in [0, 0.1) is 0 Å². The van der Waals surface area contributed by atoms with Gasteiger partial charge in [-0.15, -0.1) is 11.3 Å². The van der Waals surface area contributed by atoms with Crippen LogP contribution < -0.4 is 0 Å². The number of hydrogen-bond donors (Lipinski definition) is 0. The number of aromatic nitrogens is 2. The van der Waals surface area contributed by atoms with Crippen molar-refractivity contribution in [3.63, 3.8) is 0 Å². The summed E-state index contributed by atoms with van der Waals surface area (Å²) in [6.07, 6.45) is 0. The van der Waals surface area contributed by atoms with E-state index in [1.165, 1.54) is 125 Å². The van der Waals surface area contributed by atoms with Crippen LogP contribution in [0.25, 0.3) is 109 Å². The van der Waals surface area contributed by atoms with Gasteiger partial charge in [-0.25, -0.2) is 0 Å². The molecule has 2 nitrogen and oxygen atoms in total. The highest BCUT2D eigenvalue weighted by molar-refractivity contribution is 7.26. The monoisotopic (exact) mass is 828 g/mol. The largest absolute Gasteiger partial charge is 0.309 e. The zero-order valence-electron chi connectivity index (χ0n) is 34.6. The first-order valence-electron chi connectivity index (χ1n) is 22.2. The van der Waals surface area contributed by atoms with Gasteiger partial charge in [-0.2, -0.15) is 0 Å². The number of fused-ring (bicyclic) bond motifs is 20. The Kier molecular flexibility index (Phi) is 6.79. The molecular formula is C61H36N2S. The summed E-state index contributed by atoms with van der Waals surface area (Å²) in [7, 11) is 0. The van der Waals surface area contributed by atoms with Crippen LogP contribution >= 0.6 is 11.3 Å². The van der Waals surface area contributed by atoms with Crippen LogP contribution in [0.2, 0.25) is 0 Å². The average molecular weight is 829 g/mol. The highest BCUT2D eigenvalue weighted by Gasteiger charge is 2.51. The number of hydrogen-bond acceptors (Lipinski definition) is 1. The maximum absolute atomic E-state index is 2.52. The lowest BCUT2D eigenvalue weighted by atomic mass is 9.70. The third-order valence-corrected chi connectivity index (χ3v) is 15.8. The molecule has 0 amide bonds. The van der Waals surface area contributed by atoms with Crippen LogP contribution in [0.5, 0.6) is 0 Å². The Balaban J connectivity index is 0.975. The van der Waals surface area contributed by atoms with Crippen molar-refractivity contribution in [3.8, 4) is 44.8 Å². The minimum Gasteiger partial charge on any atom is -0.309 e. The Morgan fingerprint density at radius 3 is 1.59 bits per heavy atom. The summed E-state index contributed by atoms with van der Waals surface area (Å²) in [4.78, 5) is 0. The molecular weight excluding hydrogens is 793 g/mol. The number of para-hydroxylation sites is 2. The molecule has 3 heteroatoms. The number of rotatable bonds is 3. The quantitative estimate of drug-likeness (QED) is 0.168. The lowest BCUT2D eigenvalue weighted by Gasteiger charge is -2.30. The van der Waals surface area contributed by atoms with E-state index in [2.05, 4.69) is 228 Å². The van der Waals surface area contributed by atoms with E-state index in [4.69, 9.17) is 0 Å². The second-order valence-corrected chi connectivity index (χ2v) is 18.6. The van der Waals surface area contributed by atoms with Gasteiger partial charge in [-0.05, 0) is 104 Å². The molecule has 10 aromatic carbocycles. The first-order chi connectivity index (χ1) is 31.8. The Morgan fingerprint density at radius 1 is 0.328 bits per heavy atom. The van der Waals surface area contributed by atoms with Gasteiger partial charge in [0.25, 0.3) is 0 Å².